The molecule has 0 aromatic heterocycles. The first kappa shape index (κ1) is 11.0. The van der Waals surface area contributed by atoms with Crippen molar-refractivity contribution in [3.05, 3.63) is 12.2 Å². The van der Waals surface area contributed by atoms with Gasteiger partial charge in [-0.2, -0.15) is 13.2 Å². The van der Waals surface area contributed by atoms with Gasteiger partial charge in [0.15, 0.2) is 0 Å². The molecule has 1 fully saturated rings. The van der Waals surface area contributed by atoms with Crippen molar-refractivity contribution in [2.75, 3.05) is 13.1 Å². The minimum atomic E-state index is -5.08. The molecule has 0 unspecified atom stereocenters. The standard InChI is InChI=1S/C4H7N.C2HF3O2/c1-4-2-5-3-4;3-2(4,5)1(6)7/h5H,1-3H2;(H,6,7). The molecule has 1 rings (SSSR count). The Morgan fingerprint density at radius 3 is 1.75 bits per heavy atom. The van der Waals surface area contributed by atoms with Gasteiger partial charge in [0.25, 0.3) is 0 Å². The maximum Gasteiger partial charge on any atom is 0.490 e. The van der Waals surface area contributed by atoms with Gasteiger partial charge in [-0.05, 0) is 5.57 Å². The molecule has 0 aliphatic carbocycles. The summed E-state index contributed by atoms with van der Waals surface area (Å²) in [7, 11) is 0. The fraction of sp³-hybridized carbons (Fsp3) is 0.500. The van der Waals surface area contributed by atoms with Gasteiger partial charge in [0, 0.05) is 13.1 Å². The van der Waals surface area contributed by atoms with E-state index in [4.69, 9.17) is 9.90 Å². The van der Waals surface area contributed by atoms with E-state index in [0.29, 0.717) is 0 Å². The second-order valence-corrected chi connectivity index (χ2v) is 2.16. The van der Waals surface area contributed by atoms with Crippen molar-refractivity contribution in [1.29, 1.82) is 0 Å². The number of hydrogen-bond donors (Lipinski definition) is 2. The Balaban J connectivity index is 0.000000211. The second-order valence-electron chi connectivity index (χ2n) is 2.16. The first-order valence-electron chi connectivity index (χ1n) is 3.01. The van der Waals surface area contributed by atoms with Crippen LogP contribution in [-0.2, 0) is 4.79 Å². The SMILES string of the molecule is C=C1CNC1.O=C(O)C(F)(F)F. The zero-order chi connectivity index (χ0) is 9.78. The van der Waals surface area contributed by atoms with E-state index in [1.165, 1.54) is 5.57 Å². The normalized spacial score (nSPS) is 15.8. The lowest BCUT2D eigenvalue weighted by atomic mass is 10.2. The van der Waals surface area contributed by atoms with Crippen LogP contribution in [-0.4, -0.2) is 30.3 Å². The average Bonchev–Trinajstić information content (AvgIpc) is 1.83. The molecule has 0 bridgehead atoms. The molecule has 6 heteroatoms. The molecule has 3 nitrogen and oxygen atoms in total. The van der Waals surface area contributed by atoms with Crippen LogP contribution in [0, 0.1) is 0 Å². The van der Waals surface area contributed by atoms with Gasteiger partial charge in [0.2, 0.25) is 0 Å². The lowest BCUT2D eigenvalue weighted by Gasteiger charge is -2.15. The Morgan fingerprint density at radius 1 is 1.50 bits per heavy atom. The zero-order valence-electron chi connectivity index (χ0n) is 6.11. The lowest BCUT2D eigenvalue weighted by Crippen LogP contribution is -2.32. The molecule has 0 spiro atoms. The van der Waals surface area contributed by atoms with E-state index in [9.17, 15) is 13.2 Å². The number of carbonyl (C=O) groups is 1. The summed E-state index contributed by atoms with van der Waals surface area (Å²) in [6, 6.07) is 0. The van der Waals surface area contributed by atoms with Crippen molar-refractivity contribution < 1.29 is 23.1 Å². The molecule has 1 saturated heterocycles. The second kappa shape index (κ2) is 4.10. The van der Waals surface area contributed by atoms with E-state index in [-0.39, 0.29) is 0 Å². The molecule has 1 aliphatic rings. The third kappa shape index (κ3) is 4.73. The topological polar surface area (TPSA) is 49.3 Å². The summed E-state index contributed by atoms with van der Waals surface area (Å²) < 4.78 is 31.7. The monoisotopic (exact) mass is 183 g/mol. The number of halogens is 3. The molecule has 1 aliphatic heterocycles. The van der Waals surface area contributed by atoms with Gasteiger partial charge in [-0.1, -0.05) is 6.58 Å². The highest BCUT2D eigenvalue weighted by Gasteiger charge is 2.38. The number of nitrogens with one attached hydrogen (secondary N) is 1. The molecule has 0 aromatic carbocycles. The highest BCUT2D eigenvalue weighted by molar-refractivity contribution is 5.73. The summed E-state index contributed by atoms with van der Waals surface area (Å²) in [4.78, 5) is 8.90. The summed E-state index contributed by atoms with van der Waals surface area (Å²) in [6.45, 7) is 5.78. The summed E-state index contributed by atoms with van der Waals surface area (Å²) in [5.41, 5.74) is 1.32. The highest BCUT2D eigenvalue weighted by atomic mass is 19.4. The summed E-state index contributed by atoms with van der Waals surface area (Å²) >= 11 is 0. The summed E-state index contributed by atoms with van der Waals surface area (Å²) in [6.07, 6.45) is -5.08. The quantitative estimate of drug-likeness (QED) is 0.545. The molecular formula is C6H8F3NO2. The fourth-order valence-corrected chi connectivity index (χ4v) is 0.302. The maximum atomic E-state index is 10.6. The van der Waals surface area contributed by atoms with Gasteiger partial charge in [-0.3, -0.25) is 0 Å². The van der Waals surface area contributed by atoms with Crippen LogP contribution in [0.15, 0.2) is 12.2 Å². The van der Waals surface area contributed by atoms with Crippen molar-refractivity contribution >= 4 is 5.97 Å². The molecule has 2 N–H and O–H groups in total. The Morgan fingerprint density at radius 2 is 1.75 bits per heavy atom. The number of rotatable bonds is 0. The predicted octanol–water partition coefficient (Wildman–Crippen LogP) is 0.779. The number of aliphatic carboxylic acids is 1. The molecular weight excluding hydrogens is 175 g/mol. The number of carboxylic acid groups (broad SMARTS) is 1. The van der Waals surface area contributed by atoms with Crippen LogP contribution in [0.5, 0.6) is 0 Å². The molecule has 0 radical (unpaired) electrons. The molecule has 1 heterocycles. The highest BCUT2D eigenvalue weighted by Crippen LogP contribution is 2.13. The van der Waals surface area contributed by atoms with Crippen LogP contribution in [0.25, 0.3) is 0 Å². The van der Waals surface area contributed by atoms with E-state index in [0.717, 1.165) is 13.1 Å². The van der Waals surface area contributed by atoms with E-state index in [1.807, 2.05) is 0 Å². The Kier molecular flexibility index (Phi) is 3.75. The molecule has 12 heavy (non-hydrogen) atoms. The van der Waals surface area contributed by atoms with Crippen LogP contribution in [0.4, 0.5) is 13.2 Å². The Hall–Kier alpha value is -1.04. The largest absolute Gasteiger partial charge is 0.490 e. The van der Waals surface area contributed by atoms with E-state index >= 15 is 0 Å². The van der Waals surface area contributed by atoms with E-state index in [2.05, 4.69) is 11.9 Å². The van der Waals surface area contributed by atoms with Crippen LogP contribution in [0.3, 0.4) is 0 Å². The van der Waals surface area contributed by atoms with Crippen LogP contribution in [0.1, 0.15) is 0 Å². The van der Waals surface area contributed by atoms with Crippen molar-refractivity contribution in [2.45, 2.75) is 6.18 Å². The van der Waals surface area contributed by atoms with Crippen LogP contribution < -0.4 is 5.32 Å². The molecule has 0 saturated carbocycles. The van der Waals surface area contributed by atoms with Crippen molar-refractivity contribution in [3.63, 3.8) is 0 Å². The van der Waals surface area contributed by atoms with Crippen LogP contribution >= 0.6 is 0 Å². The lowest BCUT2D eigenvalue weighted by molar-refractivity contribution is -0.192. The molecule has 0 amide bonds. The Bertz CT molecular complexity index is 182. The molecule has 70 valence electrons. The van der Waals surface area contributed by atoms with Gasteiger partial charge in [0.05, 0.1) is 0 Å². The third-order valence-corrected chi connectivity index (χ3v) is 0.993. The molecule has 0 aromatic rings. The van der Waals surface area contributed by atoms with E-state index in [1.54, 1.807) is 0 Å². The van der Waals surface area contributed by atoms with Gasteiger partial charge >= 0.3 is 12.1 Å². The van der Waals surface area contributed by atoms with Crippen LogP contribution in [0.2, 0.25) is 0 Å². The first-order chi connectivity index (χ1) is 5.34. The number of alkyl halides is 3. The average molecular weight is 183 g/mol. The predicted molar refractivity (Wildman–Crippen MR) is 35.7 cm³/mol. The van der Waals surface area contributed by atoms with Gasteiger partial charge in [-0.25, -0.2) is 4.79 Å². The van der Waals surface area contributed by atoms with Gasteiger partial charge in [0.1, 0.15) is 0 Å². The minimum Gasteiger partial charge on any atom is -0.475 e. The third-order valence-electron chi connectivity index (χ3n) is 0.993. The summed E-state index contributed by atoms with van der Waals surface area (Å²) in [5.74, 6) is -2.76. The smallest absolute Gasteiger partial charge is 0.475 e. The Labute approximate surface area is 66.9 Å². The van der Waals surface area contributed by atoms with Gasteiger partial charge in [-0.15, -0.1) is 0 Å². The molecule has 0 atom stereocenters. The number of carboxylic acids is 1. The first-order valence-corrected chi connectivity index (χ1v) is 3.01. The maximum absolute atomic E-state index is 10.6. The minimum absolute atomic E-state index is 1.04. The summed E-state index contributed by atoms with van der Waals surface area (Å²) in [5, 5.41) is 10.2. The zero-order valence-corrected chi connectivity index (χ0v) is 6.11. The van der Waals surface area contributed by atoms with E-state index < -0.39 is 12.1 Å². The van der Waals surface area contributed by atoms with Crippen molar-refractivity contribution in [3.8, 4) is 0 Å². The van der Waals surface area contributed by atoms with Crippen molar-refractivity contribution in [2.24, 2.45) is 0 Å². The number of hydrogen-bond acceptors (Lipinski definition) is 2. The van der Waals surface area contributed by atoms with Gasteiger partial charge < -0.3 is 10.4 Å². The van der Waals surface area contributed by atoms with Crippen molar-refractivity contribution in [1.82, 2.24) is 5.32 Å². The fourth-order valence-electron chi connectivity index (χ4n) is 0.302.